The molecule has 1 aromatic carbocycles. The number of nitriles is 2. The fourth-order valence-electron chi connectivity index (χ4n) is 4.34. The Morgan fingerprint density at radius 3 is 2.39 bits per heavy atom. The minimum atomic E-state index is -1.08. The summed E-state index contributed by atoms with van der Waals surface area (Å²) in [5, 5.41) is 22.3. The second-order valence-corrected chi connectivity index (χ2v) is 9.63. The van der Waals surface area contributed by atoms with Crippen LogP contribution in [0.1, 0.15) is 25.0 Å². The first kappa shape index (κ1) is 22.5. The average molecular weight is 435 g/mol. The van der Waals surface area contributed by atoms with Gasteiger partial charge in [-0.15, -0.1) is 0 Å². The monoisotopic (exact) mass is 435 g/mol. The number of rotatable bonds is 2. The maximum absolute atomic E-state index is 13.6. The Morgan fingerprint density at radius 2 is 1.76 bits per heavy atom. The molecule has 0 spiro atoms. The van der Waals surface area contributed by atoms with Crippen LogP contribution in [0, 0.1) is 22.7 Å². The molecular formula is C20H21B4N7O2. The van der Waals surface area contributed by atoms with Crippen molar-refractivity contribution in [3.8, 4) is 23.4 Å². The Kier molecular flexibility index (Phi) is 4.88. The molecule has 33 heavy (non-hydrogen) atoms. The molecule has 1 aliphatic rings. The van der Waals surface area contributed by atoms with Crippen LogP contribution < -0.4 is 10.6 Å². The number of nitrogen functional groups attached to an aromatic ring is 1. The summed E-state index contributed by atoms with van der Waals surface area (Å²) in [6.45, 7) is 3.46. The van der Waals surface area contributed by atoms with Crippen LogP contribution in [0.5, 0.6) is 0 Å². The zero-order valence-corrected chi connectivity index (χ0v) is 19.5. The topological polar surface area (TPSA) is 133 Å². The summed E-state index contributed by atoms with van der Waals surface area (Å²) >= 11 is 0. The lowest BCUT2D eigenvalue weighted by molar-refractivity contribution is -0.155. The predicted octanol–water partition coefficient (Wildman–Crippen LogP) is -2.30. The number of aromatic nitrogens is 3. The molecule has 2 aromatic heterocycles. The molecule has 3 heterocycles. The van der Waals surface area contributed by atoms with Crippen molar-refractivity contribution in [3.05, 3.63) is 41.7 Å². The van der Waals surface area contributed by atoms with E-state index >= 15 is 0 Å². The van der Waals surface area contributed by atoms with Gasteiger partial charge in [0.05, 0.1) is 22.5 Å². The van der Waals surface area contributed by atoms with Crippen molar-refractivity contribution in [1.29, 1.82) is 10.5 Å². The van der Waals surface area contributed by atoms with Crippen LogP contribution in [-0.4, -0.2) is 68.2 Å². The highest BCUT2D eigenvalue weighted by Crippen LogP contribution is 2.41. The van der Waals surface area contributed by atoms with Crippen molar-refractivity contribution in [2.24, 2.45) is 0 Å². The number of ether oxygens (including phenoxy) is 1. The van der Waals surface area contributed by atoms with Crippen LogP contribution in [0.3, 0.4) is 0 Å². The van der Waals surface area contributed by atoms with E-state index in [1.165, 1.54) is 6.33 Å². The summed E-state index contributed by atoms with van der Waals surface area (Å²) in [6, 6.07) is 11.2. The molecule has 160 valence electrons. The van der Waals surface area contributed by atoms with E-state index in [1.54, 1.807) is 47.5 Å². The highest BCUT2D eigenvalue weighted by atomic mass is 16.5. The third-order valence-corrected chi connectivity index (χ3v) is 6.62. The lowest BCUT2D eigenvalue weighted by Gasteiger charge is -2.58. The van der Waals surface area contributed by atoms with Crippen LogP contribution in [0.15, 0.2) is 30.6 Å². The first-order valence-corrected chi connectivity index (χ1v) is 10.5. The summed E-state index contributed by atoms with van der Waals surface area (Å²) in [4.78, 5) is 19.2. The van der Waals surface area contributed by atoms with E-state index in [0.717, 1.165) is 0 Å². The first-order valence-electron chi connectivity index (χ1n) is 10.5. The number of carbonyl (C=O) groups is 1. The van der Waals surface area contributed by atoms with Gasteiger partial charge in [-0.25, -0.2) is 9.50 Å². The Morgan fingerprint density at radius 1 is 1.09 bits per heavy atom. The smallest absolute Gasteiger partial charge is 0.257 e. The van der Waals surface area contributed by atoms with Crippen molar-refractivity contribution in [3.63, 3.8) is 0 Å². The van der Waals surface area contributed by atoms with Crippen LogP contribution >= 0.6 is 0 Å². The molecule has 0 aliphatic carbocycles. The minimum Gasteiger partial charge on any atom is -0.382 e. The Bertz CT molecular complexity index is 1400. The maximum Gasteiger partial charge on any atom is 0.257 e. The van der Waals surface area contributed by atoms with E-state index in [1.807, 2.05) is 31.4 Å². The number of hydrogen-bond donors (Lipinski definition) is 1. The molecule has 0 bridgehead atoms. The highest BCUT2D eigenvalue weighted by Gasteiger charge is 2.56. The van der Waals surface area contributed by atoms with Crippen LogP contribution in [0.2, 0.25) is 0 Å². The van der Waals surface area contributed by atoms with E-state index in [-0.39, 0.29) is 11.7 Å². The second-order valence-electron chi connectivity index (χ2n) is 9.63. The molecule has 2 N–H and O–H groups in total. The molecule has 0 radical (unpaired) electrons. The van der Waals surface area contributed by atoms with E-state index in [4.69, 9.17) is 10.5 Å². The summed E-state index contributed by atoms with van der Waals surface area (Å²) in [5.74, 6) is -0.0561. The van der Waals surface area contributed by atoms with E-state index in [9.17, 15) is 15.3 Å². The molecule has 0 saturated carbocycles. The number of amides is 1. The predicted molar refractivity (Wildman–Crippen MR) is 135 cm³/mol. The van der Waals surface area contributed by atoms with Crippen molar-refractivity contribution in [1.82, 2.24) is 14.6 Å². The van der Waals surface area contributed by atoms with Gasteiger partial charge in [-0.2, -0.15) is 15.6 Å². The van der Waals surface area contributed by atoms with Gasteiger partial charge < -0.3 is 15.4 Å². The highest BCUT2D eigenvalue weighted by molar-refractivity contribution is 6.56. The first-order chi connectivity index (χ1) is 15.4. The molecule has 1 saturated heterocycles. The molecule has 9 nitrogen and oxygen atoms in total. The van der Waals surface area contributed by atoms with Crippen LogP contribution in [0.25, 0.3) is 16.8 Å². The van der Waals surface area contributed by atoms with Crippen LogP contribution in [-0.2, 0) is 9.53 Å². The number of nitrogens with two attached hydrogens (primary N) is 1. The summed E-state index contributed by atoms with van der Waals surface area (Å²) in [7, 11) is 7.71. The molecule has 4 rings (SSSR count). The molecule has 0 unspecified atom stereocenters. The van der Waals surface area contributed by atoms with Crippen molar-refractivity contribution in [2.75, 3.05) is 10.6 Å². The largest absolute Gasteiger partial charge is 0.382 e. The lowest BCUT2D eigenvalue weighted by atomic mass is 9.38. The Labute approximate surface area is 195 Å². The van der Waals surface area contributed by atoms with Crippen LogP contribution in [0.4, 0.5) is 11.5 Å². The lowest BCUT2D eigenvalue weighted by Crippen LogP contribution is -2.78. The number of hydrogen-bond acceptors (Lipinski definition) is 7. The standard InChI is InChI=1S/C20H21B4N7O2/c1-18(2)17(32)30(19(21,22)20(23,24)33-18)13-5-10(3-4-11(13)7-25)14-6-12(8-26)15-16(27)28-9-29-31(14)15/h3-6,9H,21-24H2,1-2H3,(H2,27,28,29). The van der Waals surface area contributed by atoms with Crippen molar-refractivity contribution in [2.45, 2.75) is 30.2 Å². The van der Waals surface area contributed by atoms with Gasteiger partial charge in [-0.3, -0.25) is 4.79 Å². The van der Waals surface area contributed by atoms with E-state index < -0.39 is 16.3 Å². The summed E-state index contributed by atoms with van der Waals surface area (Å²) < 4.78 is 7.72. The number of carbonyl (C=O) groups excluding carboxylic acids is 1. The molecule has 1 fully saturated rings. The molecule has 13 heteroatoms. The summed E-state index contributed by atoms with van der Waals surface area (Å²) in [5.41, 5.74) is 7.73. The fourth-order valence-corrected chi connectivity index (χ4v) is 4.34. The molecule has 3 aromatic rings. The van der Waals surface area contributed by atoms with Gasteiger partial charge in [-0.05, 0) is 37.4 Å². The second kappa shape index (κ2) is 7.16. The average Bonchev–Trinajstić information content (AvgIpc) is 3.12. The SMILES string of the molecule is BC1(B)OC(C)(C)C(=O)N(c2cc(-c3cc(C#N)c4c(N)ncnn34)ccc2C#N)C1(B)B. The third-order valence-electron chi connectivity index (χ3n) is 6.62. The van der Waals surface area contributed by atoms with E-state index in [0.29, 0.717) is 33.6 Å². The number of fused-ring (bicyclic) bond motifs is 1. The van der Waals surface area contributed by atoms with Crippen molar-refractivity contribution < 1.29 is 9.53 Å². The minimum absolute atomic E-state index is 0.189. The molecule has 0 atom stereocenters. The van der Waals surface area contributed by atoms with E-state index in [2.05, 4.69) is 22.2 Å². The molecule has 1 aliphatic heterocycles. The van der Waals surface area contributed by atoms with Gasteiger partial charge in [0.1, 0.15) is 61.0 Å². The summed E-state index contributed by atoms with van der Waals surface area (Å²) in [6.07, 6.45) is 1.32. The van der Waals surface area contributed by atoms with Gasteiger partial charge in [0.25, 0.3) is 5.91 Å². The number of nitrogens with zero attached hydrogens (tertiary/aromatic N) is 6. The van der Waals surface area contributed by atoms with Gasteiger partial charge in [0.15, 0.2) is 5.82 Å². The number of benzene rings is 1. The van der Waals surface area contributed by atoms with Crippen molar-refractivity contribution >= 4 is 54.3 Å². The number of anilines is 2. The Hall–Kier alpha value is -3.69. The quantitative estimate of drug-likeness (QED) is 0.448. The fraction of sp³-hybridized carbons (Fsp3) is 0.250. The zero-order chi connectivity index (χ0) is 24.3. The molecule has 1 amide bonds. The molecular weight excluding hydrogens is 414 g/mol. The maximum atomic E-state index is 13.6. The van der Waals surface area contributed by atoms with Gasteiger partial charge >= 0.3 is 0 Å². The normalized spacial score (nSPS) is 18.5. The van der Waals surface area contributed by atoms with Gasteiger partial charge in [0, 0.05) is 11.0 Å². The zero-order valence-electron chi connectivity index (χ0n) is 19.5. The van der Waals surface area contributed by atoms with Gasteiger partial charge in [-0.1, -0.05) is 6.07 Å². The van der Waals surface area contributed by atoms with Gasteiger partial charge in [0.2, 0.25) is 0 Å². The third kappa shape index (κ3) is 3.20. The number of morpholine rings is 1. The Balaban J connectivity index is 1.99.